The molecule has 1 aromatic carbocycles. The van der Waals surface area contributed by atoms with Crippen LogP contribution in [0.5, 0.6) is 11.6 Å². The van der Waals surface area contributed by atoms with Crippen LogP contribution in [0.2, 0.25) is 0 Å². The van der Waals surface area contributed by atoms with Crippen molar-refractivity contribution in [2.75, 3.05) is 13.2 Å². The normalized spacial score (nSPS) is 10.2. The van der Waals surface area contributed by atoms with Gasteiger partial charge in [-0.15, -0.1) is 0 Å². The number of esters is 1. The van der Waals surface area contributed by atoms with Gasteiger partial charge in [0.05, 0.1) is 12.2 Å². The summed E-state index contributed by atoms with van der Waals surface area (Å²) in [6.45, 7) is 2.72. The van der Waals surface area contributed by atoms with Crippen LogP contribution in [0.1, 0.15) is 22.8 Å². The Hall–Kier alpha value is -2.40. The third-order valence-corrected chi connectivity index (χ3v) is 2.83. The quantitative estimate of drug-likeness (QED) is 0.826. The maximum atomic E-state index is 11.5. The molecule has 110 valence electrons. The highest BCUT2D eigenvalue weighted by Gasteiger charge is 2.07. The van der Waals surface area contributed by atoms with Gasteiger partial charge in [-0.1, -0.05) is 12.1 Å². The van der Waals surface area contributed by atoms with Gasteiger partial charge in [-0.25, -0.2) is 9.78 Å². The number of pyridine rings is 1. The summed E-state index contributed by atoms with van der Waals surface area (Å²) < 4.78 is 10.5. The van der Waals surface area contributed by atoms with Crippen molar-refractivity contribution in [3.8, 4) is 11.6 Å². The van der Waals surface area contributed by atoms with Crippen LogP contribution < -0.4 is 10.5 Å². The first-order chi connectivity index (χ1) is 10.2. The zero-order valence-corrected chi connectivity index (χ0v) is 11.9. The molecule has 2 rings (SSSR count). The molecule has 0 spiro atoms. The number of carbonyl (C=O) groups is 1. The van der Waals surface area contributed by atoms with E-state index in [-0.39, 0.29) is 5.97 Å². The molecule has 5 nitrogen and oxygen atoms in total. The van der Waals surface area contributed by atoms with E-state index in [9.17, 15) is 4.79 Å². The molecule has 0 fully saturated rings. The van der Waals surface area contributed by atoms with E-state index in [1.165, 1.54) is 6.20 Å². The molecule has 5 heteroatoms. The number of carbonyl (C=O) groups excluding carboxylic acids is 1. The van der Waals surface area contributed by atoms with Crippen LogP contribution in [-0.2, 0) is 11.2 Å². The second-order valence-corrected chi connectivity index (χ2v) is 4.39. The topological polar surface area (TPSA) is 74.4 Å². The lowest BCUT2D eigenvalue weighted by Crippen LogP contribution is -2.05. The van der Waals surface area contributed by atoms with Gasteiger partial charge < -0.3 is 15.2 Å². The van der Waals surface area contributed by atoms with Crippen LogP contribution in [0.4, 0.5) is 0 Å². The van der Waals surface area contributed by atoms with E-state index >= 15 is 0 Å². The Morgan fingerprint density at radius 1 is 1.19 bits per heavy atom. The summed E-state index contributed by atoms with van der Waals surface area (Å²) in [5.41, 5.74) is 7.07. The van der Waals surface area contributed by atoms with E-state index in [1.54, 1.807) is 19.1 Å². The second-order valence-electron chi connectivity index (χ2n) is 4.39. The Morgan fingerprint density at radius 2 is 1.95 bits per heavy atom. The third kappa shape index (κ3) is 4.29. The highest BCUT2D eigenvalue weighted by molar-refractivity contribution is 5.89. The fourth-order valence-electron chi connectivity index (χ4n) is 1.79. The third-order valence-electron chi connectivity index (χ3n) is 2.83. The van der Waals surface area contributed by atoms with Gasteiger partial charge in [-0.2, -0.15) is 0 Å². The average Bonchev–Trinajstić information content (AvgIpc) is 2.50. The number of nitrogens with zero attached hydrogens (tertiary/aromatic N) is 1. The molecule has 0 aliphatic heterocycles. The molecule has 0 bridgehead atoms. The summed E-state index contributed by atoms with van der Waals surface area (Å²) >= 11 is 0. The van der Waals surface area contributed by atoms with Crippen LogP contribution in [0.15, 0.2) is 42.6 Å². The van der Waals surface area contributed by atoms with Gasteiger partial charge in [0.15, 0.2) is 0 Å². The van der Waals surface area contributed by atoms with Crippen LogP contribution in [0.3, 0.4) is 0 Å². The van der Waals surface area contributed by atoms with E-state index in [2.05, 4.69) is 4.98 Å². The zero-order chi connectivity index (χ0) is 15.1. The van der Waals surface area contributed by atoms with Crippen molar-refractivity contribution in [1.82, 2.24) is 4.98 Å². The molecule has 0 amide bonds. The van der Waals surface area contributed by atoms with Gasteiger partial charge in [0.25, 0.3) is 0 Å². The van der Waals surface area contributed by atoms with E-state index in [0.29, 0.717) is 30.3 Å². The molecular weight excluding hydrogens is 268 g/mol. The number of aromatic nitrogens is 1. The minimum atomic E-state index is -0.386. The van der Waals surface area contributed by atoms with Crippen molar-refractivity contribution in [3.63, 3.8) is 0 Å². The number of hydrogen-bond donors (Lipinski definition) is 1. The zero-order valence-electron chi connectivity index (χ0n) is 11.9. The van der Waals surface area contributed by atoms with Gasteiger partial charge in [-0.3, -0.25) is 0 Å². The summed E-state index contributed by atoms with van der Waals surface area (Å²) in [4.78, 5) is 15.6. The van der Waals surface area contributed by atoms with E-state index in [1.807, 2.05) is 24.3 Å². The molecule has 1 aromatic heterocycles. The fraction of sp³-hybridized carbons (Fsp3) is 0.250. The van der Waals surface area contributed by atoms with Crippen molar-refractivity contribution < 1.29 is 14.3 Å². The van der Waals surface area contributed by atoms with Gasteiger partial charge in [-0.05, 0) is 43.7 Å². The van der Waals surface area contributed by atoms with E-state index in [4.69, 9.17) is 15.2 Å². The average molecular weight is 286 g/mol. The maximum absolute atomic E-state index is 11.5. The summed E-state index contributed by atoms with van der Waals surface area (Å²) in [5, 5.41) is 0. The number of nitrogens with two attached hydrogens (primary N) is 1. The smallest absolute Gasteiger partial charge is 0.339 e. The van der Waals surface area contributed by atoms with Crippen molar-refractivity contribution in [1.29, 1.82) is 0 Å². The van der Waals surface area contributed by atoms with Crippen LogP contribution in [0, 0.1) is 0 Å². The predicted octanol–water partition coefficient (Wildman–Crippen LogP) is 2.55. The van der Waals surface area contributed by atoms with Gasteiger partial charge >= 0.3 is 5.97 Å². The second kappa shape index (κ2) is 7.40. The van der Waals surface area contributed by atoms with Crippen LogP contribution in [-0.4, -0.2) is 24.1 Å². The largest absolute Gasteiger partial charge is 0.462 e. The first-order valence-electron chi connectivity index (χ1n) is 6.83. The van der Waals surface area contributed by atoms with E-state index in [0.717, 1.165) is 12.0 Å². The minimum Gasteiger partial charge on any atom is -0.462 e. The molecule has 2 N–H and O–H groups in total. The first-order valence-corrected chi connectivity index (χ1v) is 6.83. The molecule has 1 heterocycles. The molecular formula is C16H18N2O3. The van der Waals surface area contributed by atoms with Crippen molar-refractivity contribution in [2.24, 2.45) is 5.73 Å². The van der Waals surface area contributed by atoms with Crippen LogP contribution >= 0.6 is 0 Å². The Labute approximate surface area is 123 Å². The molecule has 0 saturated carbocycles. The molecule has 0 aliphatic rings. The van der Waals surface area contributed by atoms with Gasteiger partial charge in [0, 0.05) is 12.3 Å². The molecule has 0 saturated heterocycles. The van der Waals surface area contributed by atoms with Crippen molar-refractivity contribution in [3.05, 3.63) is 53.7 Å². The highest BCUT2D eigenvalue weighted by atomic mass is 16.5. The monoisotopic (exact) mass is 286 g/mol. The Balaban J connectivity index is 2.01. The fourth-order valence-corrected chi connectivity index (χ4v) is 1.79. The summed E-state index contributed by atoms with van der Waals surface area (Å²) in [7, 11) is 0. The SMILES string of the molecule is CCOC(=O)c1ccc(Oc2ccc(CCN)cc2)nc1. The predicted molar refractivity (Wildman–Crippen MR) is 79.5 cm³/mol. The Morgan fingerprint density at radius 3 is 2.52 bits per heavy atom. The highest BCUT2D eigenvalue weighted by Crippen LogP contribution is 2.20. The summed E-state index contributed by atoms with van der Waals surface area (Å²) in [5.74, 6) is 0.726. The van der Waals surface area contributed by atoms with Gasteiger partial charge in [0.2, 0.25) is 5.88 Å². The summed E-state index contributed by atoms with van der Waals surface area (Å²) in [6.07, 6.45) is 2.28. The molecule has 0 aliphatic carbocycles. The molecule has 21 heavy (non-hydrogen) atoms. The van der Waals surface area contributed by atoms with Crippen molar-refractivity contribution >= 4 is 5.97 Å². The lowest BCUT2D eigenvalue weighted by atomic mass is 10.1. The number of rotatable bonds is 6. The van der Waals surface area contributed by atoms with Crippen LogP contribution in [0.25, 0.3) is 0 Å². The number of ether oxygens (including phenoxy) is 2. The number of hydrogen-bond acceptors (Lipinski definition) is 5. The summed E-state index contributed by atoms with van der Waals surface area (Å²) in [6, 6.07) is 10.9. The van der Waals surface area contributed by atoms with E-state index < -0.39 is 0 Å². The Bertz CT molecular complexity index is 579. The lowest BCUT2D eigenvalue weighted by molar-refractivity contribution is 0.0526. The standard InChI is InChI=1S/C16H18N2O3/c1-2-20-16(19)13-5-8-15(18-11-13)21-14-6-3-12(4-7-14)9-10-17/h3-8,11H,2,9-10,17H2,1H3. The molecule has 0 unspecified atom stereocenters. The molecule has 0 radical (unpaired) electrons. The molecule has 0 atom stereocenters. The maximum Gasteiger partial charge on any atom is 0.339 e. The van der Waals surface area contributed by atoms with Crippen molar-refractivity contribution in [2.45, 2.75) is 13.3 Å². The Kier molecular flexibility index (Phi) is 5.29. The minimum absolute atomic E-state index is 0.340. The van der Waals surface area contributed by atoms with Gasteiger partial charge in [0.1, 0.15) is 5.75 Å². The first kappa shape index (κ1) is 15.0. The number of benzene rings is 1. The molecule has 2 aromatic rings. The lowest BCUT2D eigenvalue weighted by Gasteiger charge is -2.06.